The molecular weight excluding hydrogens is 216 g/mol. The van der Waals surface area contributed by atoms with E-state index in [1.165, 1.54) is 0 Å². The van der Waals surface area contributed by atoms with Crippen LogP contribution in [0.1, 0.15) is 0 Å². The van der Waals surface area contributed by atoms with Gasteiger partial charge in [0.25, 0.3) is 0 Å². The number of hydrogen-bond acceptors (Lipinski definition) is 4. The van der Waals surface area contributed by atoms with Crippen molar-refractivity contribution in [3.05, 3.63) is 22.1 Å². The minimum Gasteiger partial charge on any atom is -0.504 e. The third kappa shape index (κ3) is 1.19. The molecule has 0 amide bonds. The van der Waals surface area contributed by atoms with Crippen LogP contribution in [0.3, 0.4) is 0 Å². The monoisotopic (exact) mass is 218 g/mol. The molecule has 0 atom stereocenters. The van der Waals surface area contributed by atoms with Gasteiger partial charge in [-0.2, -0.15) is 0 Å². The zero-order chi connectivity index (χ0) is 8.59. The second-order valence-corrected chi connectivity index (χ2v) is 2.68. The highest BCUT2D eigenvalue weighted by Gasteiger charge is 2.26. The number of carbonyl (C=O) groups excluding carboxylic acids is 2. The third-order valence-corrected chi connectivity index (χ3v) is 1.88. The molecule has 58 valence electrons. The predicted octanol–water partition coefficient (Wildman–Crippen LogP) is 0.745. The van der Waals surface area contributed by atoms with Crippen LogP contribution in [0, 0.1) is 0 Å². The normalized spacial score (nSPS) is 18.8. The van der Waals surface area contributed by atoms with E-state index in [-0.39, 0.29) is 4.48 Å². The summed E-state index contributed by atoms with van der Waals surface area (Å²) in [6.07, 6.45) is 0.669. The first-order chi connectivity index (χ1) is 5.04. The Morgan fingerprint density at radius 2 is 1.82 bits per heavy atom. The highest BCUT2D eigenvalue weighted by molar-refractivity contribution is 9.12. The number of halogens is 1. The van der Waals surface area contributed by atoms with Crippen molar-refractivity contribution in [1.82, 2.24) is 0 Å². The van der Waals surface area contributed by atoms with Crippen LogP contribution in [-0.2, 0) is 9.59 Å². The molecule has 11 heavy (non-hydrogen) atoms. The number of rotatable bonds is 0. The second kappa shape index (κ2) is 2.50. The van der Waals surface area contributed by atoms with Gasteiger partial charge in [0.2, 0.25) is 11.6 Å². The fourth-order valence-electron chi connectivity index (χ4n) is 0.586. The fraction of sp³-hybridized carbons (Fsp3) is 0. The van der Waals surface area contributed by atoms with E-state index in [0.717, 1.165) is 0 Å². The standard InChI is InChI=1S/C6H3BrO4/c7-4-5(10)2(8)1-3(9)6(4)11/h1,8,11H. The fourth-order valence-corrected chi connectivity index (χ4v) is 0.985. The van der Waals surface area contributed by atoms with Crippen LogP contribution < -0.4 is 0 Å². The predicted molar refractivity (Wildman–Crippen MR) is 39.3 cm³/mol. The highest BCUT2D eigenvalue weighted by atomic mass is 79.9. The number of ketones is 2. The molecule has 1 aliphatic carbocycles. The first kappa shape index (κ1) is 8.00. The summed E-state index contributed by atoms with van der Waals surface area (Å²) >= 11 is 2.66. The van der Waals surface area contributed by atoms with E-state index in [9.17, 15) is 9.59 Å². The smallest absolute Gasteiger partial charge is 0.238 e. The number of Topliss-reactive ketones (excluding diaryl/α,β-unsaturated/α-hetero) is 1. The molecule has 4 nitrogen and oxygen atoms in total. The average Bonchev–Trinajstić information content (AvgIpc) is 1.97. The van der Waals surface area contributed by atoms with Gasteiger partial charge in [0.05, 0.1) is 0 Å². The summed E-state index contributed by atoms with van der Waals surface area (Å²) in [4.78, 5) is 21.4. The molecule has 0 heterocycles. The summed E-state index contributed by atoms with van der Waals surface area (Å²) in [7, 11) is 0. The molecule has 0 radical (unpaired) electrons. The number of hydrogen-bond donors (Lipinski definition) is 2. The molecule has 0 fully saturated rings. The molecule has 0 bridgehead atoms. The van der Waals surface area contributed by atoms with Crippen molar-refractivity contribution in [2.45, 2.75) is 0 Å². The summed E-state index contributed by atoms with van der Waals surface area (Å²) < 4.78 is -0.303. The van der Waals surface area contributed by atoms with E-state index in [4.69, 9.17) is 10.2 Å². The quantitative estimate of drug-likeness (QED) is 0.589. The molecule has 0 saturated carbocycles. The topological polar surface area (TPSA) is 74.6 Å². The lowest BCUT2D eigenvalue weighted by Gasteiger charge is -2.05. The van der Waals surface area contributed by atoms with E-state index in [1.807, 2.05) is 0 Å². The summed E-state index contributed by atoms with van der Waals surface area (Å²) in [5.74, 6) is -2.91. The number of carbonyl (C=O) groups is 2. The Hall–Kier alpha value is -1.10. The molecule has 0 aromatic heterocycles. The maximum absolute atomic E-state index is 10.7. The Morgan fingerprint density at radius 1 is 1.27 bits per heavy atom. The molecule has 0 aromatic carbocycles. The number of aliphatic hydroxyl groups is 2. The average molecular weight is 219 g/mol. The minimum absolute atomic E-state index is 0.303. The van der Waals surface area contributed by atoms with Crippen molar-refractivity contribution in [3.8, 4) is 0 Å². The minimum atomic E-state index is -0.790. The van der Waals surface area contributed by atoms with Crippen LogP contribution in [-0.4, -0.2) is 21.8 Å². The molecule has 0 aliphatic heterocycles. The van der Waals surface area contributed by atoms with Crippen molar-refractivity contribution < 1.29 is 19.8 Å². The number of allylic oxidation sites excluding steroid dienone is 2. The zero-order valence-electron chi connectivity index (χ0n) is 5.17. The Balaban J connectivity index is 3.19. The van der Waals surface area contributed by atoms with Gasteiger partial charge in [-0.05, 0) is 15.9 Å². The first-order valence-corrected chi connectivity index (χ1v) is 3.41. The van der Waals surface area contributed by atoms with Crippen molar-refractivity contribution >= 4 is 27.5 Å². The van der Waals surface area contributed by atoms with Gasteiger partial charge in [0.15, 0.2) is 11.5 Å². The zero-order valence-corrected chi connectivity index (χ0v) is 6.75. The van der Waals surface area contributed by atoms with Crippen molar-refractivity contribution in [1.29, 1.82) is 0 Å². The molecule has 1 aliphatic rings. The van der Waals surface area contributed by atoms with Crippen LogP contribution in [0.5, 0.6) is 0 Å². The second-order valence-electron chi connectivity index (χ2n) is 1.89. The van der Waals surface area contributed by atoms with E-state index in [2.05, 4.69) is 15.9 Å². The summed E-state index contributed by atoms with van der Waals surface area (Å²) in [5, 5.41) is 17.6. The summed E-state index contributed by atoms with van der Waals surface area (Å²) in [6, 6.07) is 0. The first-order valence-electron chi connectivity index (χ1n) is 2.62. The van der Waals surface area contributed by atoms with Gasteiger partial charge in [0, 0.05) is 6.08 Å². The summed E-state index contributed by atoms with van der Waals surface area (Å²) in [5.41, 5.74) is 0. The Kier molecular flexibility index (Phi) is 1.82. The largest absolute Gasteiger partial charge is 0.504 e. The molecule has 5 heteroatoms. The highest BCUT2D eigenvalue weighted by Crippen LogP contribution is 2.20. The molecular formula is C6H3BrO4. The van der Waals surface area contributed by atoms with Crippen LogP contribution in [0.15, 0.2) is 22.1 Å². The van der Waals surface area contributed by atoms with Crippen molar-refractivity contribution in [2.24, 2.45) is 0 Å². The van der Waals surface area contributed by atoms with E-state index in [0.29, 0.717) is 6.08 Å². The Morgan fingerprint density at radius 3 is 2.36 bits per heavy atom. The van der Waals surface area contributed by atoms with E-state index in [1.54, 1.807) is 0 Å². The van der Waals surface area contributed by atoms with Crippen molar-refractivity contribution in [3.63, 3.8) is 0 Å². The van der Waals surface area contributed by atoms with Crippen LogP contribution in [0.25, 0.3) is 0 Å². The summed E-state index contributed by atoms with van der Waals surface area (Å²) in [6.45, 7) is 0. The molecule has 1 rings (SSSR count). The van der Waals surface area contributed by atoms with Gasteiger partial charge in [-0.25, -0.2) is 0 Å². The number of aliphatic hydroxyl groups excluding tert-OH is 2. The van der Waals surface area contributed by atoms with Crippen LogP contribution >= 0.6 is 15.9 Å². The SMILES string of the molecule is O=C1C=C(O)C(=O)C(Br)=C1O. The van der Waals surface area contributed by atoms with Gasteiger partial charge in [0.1, 0.15) is 4.48 Å². The molecule has 0 spiro atoms. The lowest BCUT2D eigenvalue weighted by Crippen LogP contribution is -2.15. The lowest BCUT2D eigenvalue weighted by molar-refractivity contribution is -0.118. The third-order valence-electron chi connectivity index (χ3n) is 1.14. The van der Waals surface area contributed by atoms with E-state index >= 15 is 0 Å². The maximum Gasteiger partial charge on any atom is 0.238 e. The van der Waals surface area contributed by atoms with Crippen LogP contribution in [0.4, 0.5) is 0 Å². The molecule has 0 unspecified atom stereocenters. The van der Waals surface area contributed by atoms with Gasteiger partial charge in [-0.15, -0.1) is 0 Å². The molecule has 0 saturated heterocycles. The lowest BCUT2D eigenvalue weighted by atomic mass is 10.1. The molecule has 0 aromatic rings. The Labute approximate surface area is 70.0 Å². The van der Waals surface area contributed by atoms with Gasteiger partial charge in [-0.3, -0.25) is 9.59 Å². The Bertz CT molecular complexity index is 300. The van der Waals surface area contributed by atoms with Gasteiger partial charge in [-0.1, -0.05) is 0 Å². The van der Waals surface area contributed by atoms with Gasteiger partial charge < -0.3 is 10.2 Å². The van der Waals surface area contributed by atoms with Crippen LogP contribution in [0.2, 0.25) is 0 Å². The van der Waals surface area contributed by atoms with Crippen molar-refractivity contribution in [2.75, 3.05) is 0 Å². The van der Waals surface area contributed by atoms with Gasteiger partial charge >= 0.3 is 0 Å². The molecule has 2 N–H and O–H groups in total. The maximum atomic E-state index is 10.7. The van der Waals surface area contributed by atoms with E-state index < -0.39 is 23.1 Å².